The number of methoxy groups -OCH3 is 1. The number of piperidine rings is 1. The minimum atomic E-state index is -0.953. The first-order chi connectivity index (χ1) is 15.9. The number of fused-ring (bicyclic) bond motifs is 1. The molecule has 3 N–H and O–H groups in total. The van der Waals surface area contributed by atoms with Gasteiger partial charge < -0.3 is 29.6 Å². The Kier molecular flexibility index (Phi) is 6.60. The predicted molar refractivity (Wildman–Crippen MR) is 131 cm³/mol. The number of benzene rings is 1. The van der Waals surface area contributed by atoms with E-state index in [4.69, 9.17) is 15.5 Å². The fraction of sp³-hybridized carbons (Fsp3) is 0.458. The summed E-state index contributed by atoms with van der Waals surface area (Å²) in [6.45, 7) is 1.88. The number of aryl methyl sites for hydroxylation is 1. The molecule has 1 saturated carbocycles. The van der Waals surface area contributed by atoms with Gasteiger partial charge in [0, 0.05) is 38.3 Å². The zero-order valence-electron chi connectivity index (χ0n) is 19.4. The largest absolute Gasteiger partial charge is 0.494 e. The maximum atomic E-state index is 13.2. The molecule has 1 saturated heterocycles. The zero-order valence-corrected chi connectivity index (χ0v) is 20.2. The Bertz CT molecular complexity index is 1250. The third kappa shape index (κ3) is 4.25. The second kappa shape index (κ2) is 9.31. The SMILES string of the molecule is COc1cc(C(=O)N2CCC[C@@H](N)C2)cc2nc(-c3ccc(C(=O)O)n3CC3CC3)n(C)c12.Cl. The topological polar surface area (TPSA) is 116 Å². The molecule has 1 atom stereocenters. The summed E-state index contributed by atoms with van der Waals surface area (Å²) in [5.74, 6) is 0.658. The van der Waals surface area contributed by atoms with E-state index in [1.165, 1.54) is 0 Å². The van der Waals surface area contributed by atoms with Crippen molar-refractivity contribution in [3.8, 4) is 17.3 Å². The minimum Gasteiger partial charge on any atom is -0.494 e. The second-order valence-corrected chi connectivity index (χ2v) is 9.16. The number of carbonyl (C=O) groups excluding carboxylic acids is 1. The van der Waals surface area contributed by atoms with Gasteiger partial charge in [0.05, 0.1) is 18.3 Å². The first-order valence-electron chi connectivity index (χ1n) is 11.4. The Labute approximate surface area is 203 Å². The molecule has 2 aliphatic rings. The molecule has 1 aliphatic heterocycles. The van der Waals surface area contributed by atoms with Gasteiger partial charge in [-0.2, -0.15) is 0 Å². The number of carbonyl (C=O) groups is 2. The van der Waals surface area contributed by atoms with Crippen molar-refractivity contribution in [2.75, 3.05) is 20.2 Å². The third-order valence-corrected chi connectivity index (χ3v) is 6.71. The number of likely N-dealkylation sites (tertiary alicyclic amines) is 1. The van der Waals surface area contributed by atoms with Crippen LogP contribution in [0.4, 0.5) is 0 Å². The molecule has 1 amide bonds. The number of aromatic nitrogens is 3. The smallest absolute Gasteiger partial charge is 0.352 e. The van der Waals surface area contributed by atoms with Gasteiger partial charge >= 0.3 is 5.97 Å². The number of carboxylic acid groups (broad SMARTS) is 1. The molecule has 2 fully saturated rings. The van der Waals surface area contributed by atoms with Gasteiger partial charge in [0.1, 0.15) is 17.0 Å². The lowest BCUT2D eigenvalue weighted by atomic mass is 10.0. The van der Waals surface area contributed by atoms with Crippen molar-refractivity contribution >= 4 is 35.3 Å². The number of imidazole rings is 1. The lowest BCUT2D eigenvalue weighted by Crippen LogP contribution is -2.45. The van der Waals surface area contributed by atoms with Crippen LogP contribution in [0.2, 0.25) is 0 Å². The van der Waals surface area contributed by atoms with Crippen LogP contribution in [-0.2, 0) is 13.6 Å². The van der Waals surface area contributed by atoms with Crippen LogP contribution >= 0.6 is 12.4 Å². The molecule has 0 bridgehead atoms. The van der Waals surface area contributed by atoms with E-state index in [0.29, 0.717) is 48.2 Å². The number of aromatic carboxylic acids is 1. The van der Waals surface area contributed by atoms with E-state index < -0.39 is 5.97 Å². The van der Waals surface area contributed by atoms with Crippen LogP contribution in [0, 0.1) is 5.92 Å². The molecule has 182 valence electrons. The standard InChI is InChI=1S/C24H29N5O4.ClH/c1-27-21-17(10-15(11-20(21)33-2)23(30)28-9-3-4-16(25)13-28)26-22(27)18-7-8-19(24(31)32)29(18)12-14-5-6-14;/h7-8,10-11,14,16H,3-6,9,12-13,25H2,1-2H3,(H,31,32);1H/t16-;/m1./s1. The fourth-order valence-corrected chi connectivity index (χ4v) is 4.80. The van der Waals surface area contributed by atoms with E-state index in [-0.39, 0.29) is 30.0 Å². The Morgan fingerprint density at radius 1 is 1.24 bits per heavy atom. The number of hydrogen-bond donors (Lipinski definition) is 2. The van der Waals surface area contributed by atoms with Gasteiger partial charge in [-0.3, -0.25) is 4.79 Å². The van der Waals surface area contributed by atoms with Crippen molar-refractivity contribution < 1.29 is 19.4 Å². The normalized spacial score (nSPS) is 18.1. The summed E-state index contributed by atoms with van der Waals surface area (Å²) in [6.07, 6.45) is 4.04. The molecule has 3 aromatic rings. The summed E-state index contributed by atoms with van der Waals surface area (Å²) >= 11 is 0. The van der Waals surface area contributed by atoms with Gasteiger partial charge in [0.2, 0.25) is 0 Å². The van der Waals surface area contributed by atoms with Crippen molar-refractivity contribution in [2.45, 2.75) is 38.3 Å². The van der Waals surface area contributed by atoms with Crippen molar-refractivity contribution in [3.05, 3.63) is 35.5 Å². The van der Waals surface area contributed by atoms with E-state index in [0.717, 1.165) is 36.9 Å². The first kappa shape index (κ1) is 24.1. The van der Waals surface area contributed by atoms with Crippen LogP contribution in [0.3, 0.4) is 0 Å². The van der Waals surface area contributed by atoms with Gasteiger partial charge in [-0.1, -0.05) is 0 Å². The summed E-state index contributed by atoms with van der Waals surface area (Å²) in [7, 11) is 3.46. The monoisotopic (exact) mass is 487 g/mol. The molecule has 1 aliphatic carbocycles. The number of nitrogens with two attached hydrogens (primary N) is 1. The number of halogens is 1. The van der Waals surface area contributed by atoms with Crippen LogP contribution in [-0.4, -0.2) is 62.2 Å². The second-order valence-electron chi connectivity index (χ2n) is 9.16. The Morgan fingerprint density at radius 3 is 2.65 bits per heavy atom. The lowest BCUT2D eigenvalue weighted by molar-refractivity contribution is 0.0682. The van der Waals surface area contributed by atoms with E-state index in [2.05, 4.69) is 0 Å². The van der Waals surface area contributed by atoms with Crippen LogP contribution in [0.15, 0.2) is 24.3 Å². The van der Waals surface area contributed by atoms with Crippen molar-refractivity contribution in [1.29, 1.82) is 0 Å². The highest BCUT2D eigenvalue weighted by Crippen LogP contribution is 2.36. The zero-order chi connectivity index (χ0) is 23.3. The summed E-state index contributed by atoms with van der Waals surface area (Å²) in [5.41, 5.74) is 8.98. The Balaban J connectivity index is 0.00000274. The summed E-state index contributed by atoms with van der Waals surface area (Å²) < 4.78 is 9.40. The Hall–Kier alpha value is -3.04. The maximum Gasteiger partial charge on any atom is 0.352 e. The average Bonchev–Trinajstić information content (AvgIpc) is 3.43. The predicted octanol–water partition coefficient (Wildman–Crippen LogP) is 3.14. The van der Waals surface area contributed by atoms with Crippen LogP contribution in [0.1, 0.15) is 46.5 Å². The average molecular weight is 488 g/mol. The number of carboxylic acids is 1. The summed E-state index contributed by atoms with van der Waals surface area (Å²) in [5, 5.41) is 9.67. The number of nitrogens with zero attached hydrogens (tertiary/aromatic N) is 4. The Morgan fingerprint density at radius 2 is 2.00 bits per heavy atom. The highest BCUT2D eigenvalue weighted by atomic mass is 35.5. The van der Waals surface area contributed by atoms with Gasteiger partial charge in [-0.15, -0.1) is 12.4 Å². The molecule has 5 rings (SSSR count). The number of hydrogen-bond acceptors (Lipinski definition) is 5. The van der Waals surface area contributed by atoms with Crippen LogP contribution in [0.25, 0.3) is 22.6 Å². The van der Waals surface area contributed by atoms with E-state index >= 15 is 0 Å². The molecule has 0 unspecified atom stereocenters. The molecule has 9 nitrogen and oxygen atoms in total. The van der Waals surface area contributed by atoms with Gasteiger partial charge in [-0.05, 0) is 55.9 Å². The molecule has 1 aromatic carbocycles. The molecular weight excluding hydrogens is 458 g/mol. The molecule has 34 heavy (non-hydrogen) atoms. The quantitative estimate of drug-likeness (QED) is 0.551. The molecule has 10 heteroatoms. The van der Waals surface area contributed by atoms with Gasteiger partial charge in [0.15, 0.2) is 5.82 Å². The lowest BCUT2D eigenvalue weighted by Gasteiger charge is -2.30. The fourth-order valence-electron chi connectivity index (χ4n) is 4.80. The molecule has 3 heterocycles. The number of rotatable bonds is 6. The molecule has 0 radical (unpaired) electrons. The van der Waals surface area contributed by atoms with E-state index in [9.17, 15) is 14.7 Å². The van der Waals surface area contributed by atoms with E-state index in [1.807, 2.05) is 16.2 Å². The third-order valence-electron chi connectivity index (χ3n) is 6.71. The highest BCUT2D eigenvalue weighted by molar-refractivity contribution is 6.00. The molecule has 0 spiro atoms. The van der Waals surface area contributed by atoms with Crippen molar-refractivity contribution in [2.24, 2.45) is 18.7 Å². The molecular formula is C24H30ClN5O4. The van der Waals surface area contributed by atoms with Crippen molar-refractivity contribution in [1.82, 2.24) is 19.0 Å². The van der Waals surface area contributed by atoms with Gasteiger partial charge in [0.25, 0.3) is 5.91 Å². The minimum absolute atomic E-state index is 0. The number of ether oxygens (including phenoxy) is 1. The van der Waals surface area contributed by atoms with Gasteiger partial charge in [-0.25, -0.2) is 9.78 Å². The summed E-state index contributed by atoms with van der Waals surface area (Å²) in [6, 6.07) is 6.97. The maximum absolute atomic E-state index is 13.2. The van der Waals surface area contributed by atoms with Crippen LogP contribution in [0.5, 0.6) is 5.75 Å². The van der Waals surface area contributed by atoms with Crippen LogP contribution < -0.4 is 10.5 Å². The van der Waals surface area contributed by atoms with Crippen molar-refractivity contribution in [3.63, 3.8) is 0 Å². The molecule has 2 aromatic heterocycles. The number of amides is 1. The van der Waals surface area contributed by atoms with E-state index in [1.54, 1.807) is 36.3 Å². The highest BCUT2D eigenvalue weighted by Gasteiger charge is 2.28. The first-order valence-corrected chi connectivity index (χ1v) is 11.4. The summed E-state index contributed by atoms with van der Waals surface area (Å²) in [4.78, 5) is 31.6.